The zero-order chi connectivity index (χ0) is 19.2. The van der Waals surface area contributed by atoms with Crippen molar-refractivity contribution in [3.05, 3.63) is 42.5 Å². The third-order valence-electron chi connectivity index (χ3n) is 5.39. The topological polar surface area (TPSA) is 61.4 Å². The molecule has 1 saturated heterocycles. The van der Waals surface area contributed by atoms with Crippen molar-refractivity contribution in [2.24, 2.45) is 5.92 Å². The predicted octanol–water partition coefficient (Wildman–Crippen LogP) is 3.41. The fourth-order valence-corrected chi connectivity index (χ4v) is 3.54. The summed E-state index contributed by atoms with van der Waals surface area (Å²) in [4.78, 5) is 26.9. The van der Waals surface area contributed by atoms with E-state index in [1.165, 1.54) is 0 Å². The molecule has 5 heteroatoms. The average molecular weight is 367 g/mol. The van der Waals surface area contributed by atoms with Crippen LogP contribution in [0, 0.1) is 5.92 Å². The van der Waals surface area contributed by atoms with Gasteiger partial charge >= 0.3 is 0 Å². The summed E-state index contributed by atoms with van der Waals surface area (Å²) in [6.45, 7) is 6.03. The minimum Gasteiger partial charge on any atom is -0.353 e. The lowest BCUT2D eigenvalue weighted by Gasteiger charge is -2.31. The van der Waals surface area contributed by atoms with Crippen molar-refractivity contribution >= 4 is 28.3 Å². The van der Waals surface area contributed by atoms with Crippen LogP contribution < -0.4 is 10.6 Å². The summed E-state index contributed by atoms with van der Waals surface area (Å²) >= 11 is 0. The lowest BCUT2D eigenvalue weighted by molar-refractivity contribution is -0.127. The van der Waals surface area contributed by atoms with Crippen molar-refractivity contribution in [3.63, 3.8) is 0 Å². The van der Waals surface area contributed by atoms with Gasteiger partial charge in [0.15, 0.2) is 0 Å². The SMILES string of the molecule is CCC(C)NC(=O)C1CCN(CC(=O)Nc2cccc3ccccc23)CC1. The number of hydrogen-bond acceptors (Lipinski definition) is 3. The van der Waals surface area contributed by atoms with Gasteiger partial charge in [-0.25, -0.2) is 0 Å². The van der Waals surface area contributed by atoms with Gasteiger partial charge in [0.25, 0.3) is 0 Å². The third-order valence-corrected chi connectivity index (χ3v) is 5.39. The number of anilines is 1. The second-order valence-corrected chi connectivity index (χ2v) is 7.44. The molecule has 1 atom stereocenters. The molecule has 0 spiro atoms. The van der Waals surface area contributed by atoms with Crippen LogP contribution in [0.4, 0.5) is 5.69 Å². The van der Waals surface area contributed by atoms with Crippen LogP contribution in [-0.2, 0) is 9.59 Å². The molecule has 0 radical (unpaired) electrons. The molecule has 2 aromatic carbocycles. The quantitative estimate of drug-likeness (QED) is 0.823. The molecular formula is C22H29N3O2. The highest BCUT2D eigenvalue weighted by molar-refractivity contribution is 6.02. The van der Waals surface area contributed by atoms with Gasteiger partial charge in [-0.3, -0.25) is 14.5 Å². The van der Waals surface area contributed by atoms with E-state index >= 15 is 0 Å². The summed E-state index contributed by atoms with van der Waals surface area (Å²) in [5.74, 6) is 0.217. The van der Waals surface area contributed by atoms with E-state index < -0.39 is 0 Å². The number of likely N-dealkylation sites (tertiary alicyclic amines) is 1. The van der Waals surface area contributed by atoms with E-state index in [0.29, 0.717) is 6.54 Å². The van der Waals surface area contributed by atoms with Crippen LogP contribution in [0.25, 0.3) is 10.8 Å². The Balaban J connectivity index is 1.50. The molecule has 2 N–H and O–H groups in total. The minimum atomic E-state index is -0.00569. The normalized spacial score (nSPS) is 16.8. The van der Waals surface area contributed by atoms with Gasteiger partial charge < -0.3 is 10.6 Å². The maximum atomic E-state index is 12.5. The molecule has 1 unspecified atom stereocenters. The summed E-state index contributed by atoms with van der Waals surface area (Å²) in [5, 5.41) is 8.27. The molecule has 1 heterocycles. The Morgan fingerprint density at radius 1 is 1.11 bits per heavy atom. The van der Waals surface area contributed by atoms with Gasteiger partial charge in [0.05, 0.1) is 6.54 Å². The van der Waals surface area contributed by atoms with Gasteiger partial charge in [0.2, 0.25) is 11.8 Å². The van der Waals surface area contributed by atoms with Crippen LogP contribution in [0.5, 0.6) is 0 Å². The lowest BCUT2D eigenvalue weighted by atomic mass is 9.95. The molecule has 5 nitrogen and oxygen atoms in total. The van der Waals surface area contributed by atoms with Crippen LogP contribution in [0.2, 0.25) is 0 Å². The fraction of sp³-hybridized carbons (Fsp3) is 0.455. The van der Waals surface area contributed by atoms with Crippen molar-refractivity contribution in [1.29, 1.82) is 0 Å². The molecule has 3 rings (SSSR count). The van der Waals surface area contributed by atoms with Crippen LogP contribution in [0.15, 0.2) is 42.5 Å². The van der Waals surface area contributed by atoms with E-state index in [0.717, 1.165) is 48.8 Å². The molecule has 0 aromatic heterocycles. The number of hydrogen-bond donors (Lipinski definition) is 2. The number of nitrogens with one attached hydrogen (secondary N) is 2. The third kappa shape index (κ3) is 5.07. The van der Waals surface area contributed by atoms with Crippen molar-refractivity contribution in [2.45, 2.75) is 39.2 Å². The highest BCUT2D eigenvalue weighted by atomic mass is 16.2. The smallest absolute Gasteiger partial charge is 0.238 e. The second-order valence-electron chi connectivity index (χ2n) is 7.44. The summed E-state index contributed by atoms with van der Waals surface area (Å²) in [7, 11) is 0. The molecule has 0 aliphatic carbocycles. The number of carbonyl (C=O) groups excluding carboxylic acids is 2. The minimum absolute atomic E-state index is 0.00569. The Labute approximate surface area is 161 Å². The standard InChI is InChI=1S/C22H29N3O2/c1-3-16(2)23-22(27)18-11-13-25(14-12-18)15-21(26)24-20-10-6-8-17-7-4-5-9-19(17)20/h4-10,16,18H,3,11-15H2,1-2H3,(H,23,27)(H,24,26). The number of piperidine rings is 1. The molecule has 2 aromatic rings. The summed E-state index contributed by atoms with van der Waals surface area (Å²) < 4.78 is 0. The number of carbonyl (C=O) groups is 2. The van der Waals surface area contributed by atoms with Crippen LogP contribution in [0.1, 0.15) is 33.1 Å². The van der Waals surface area contributed by atoms with Crippen molar-refractivity contribution in [1.82, 2.24) is 10.2 Å². The van der Waals surface area contributed by atoms with Crippen LogP contribution in [-0.4, -0.2) is 42.4 Å². The van der Waals surface area contributed by atoms with Crippen LogP contribution >= 0.6 is 0 Å². The average Bonchev–Trinajstić information content (AvgIpc) is 2.68. The predicted molar refractivity (Wildman–Crippen MR) is 110 cm³/mol. The molecule has 1 aliphatic rings. The highest BCUT2D eigenvalue weighted by Gasteiger charge is 2.26. The monoisotopic (exact) mass is 367 g/mol. The largest absolute Gasteiger partial charge is 0.353 e. The number of amides is 2. The van der Waals surface area contributed by atoms with E-state index in [2.05, 4.69) is 22.5 Å². The summed E-state index contributed by atoms with van der Waals surface area (Å²) in [6, 6.07) is 14.2. The Morgan fingerprint density at radius 2 is 1.81 bits per heavy atom. The Kier molecular flexibility index (Phi) is 6.45. The zero-order valence-electron chi connectivity index (χ0n) is 16.2. The van der Waals surface area contributed by atoms with Crippen molar-refractivity contribution < 1.29 is 9.59 Å². The molecule has 27 heavy (non-hydrogen) atoms. The first-order valence-corrected chi connectivity index (χ1v) is 9.87. The molecule has 144 valence electrons. The lowest BCUT2D eigenvalue weighted by Crippen LogP contribution is -2.44. The fourth-order valence-electron chi connectivity index (χ4n) is 3.54. The highest BCUT2D eigenvalue weighted by Crippen LogP contribution is 2.23. The first-order chi connectivity index (χ1) is 13.1. The number of benzene rings is 2. The Morgan fingerprint density at radius 3 is 2.56 bits per heavy atom. The maximum Gasteiger partial charge on any atom is 0.238 e. The Bertz CT molecular complexity index is 792. The molecule has 1 fully saturated rings. The molecule has 1 aliphatic heterocycles. The van der Waals surface area contributed by atoms with Gasteiger partial charge in [0, 0.05) is 23.0 Å². The van der Waals surface area contributed by atoms with Gasteiger partial charge in [-0.15, -0.1) is 0 Å². The van der Waals surface area contributed by atoms with E-state index in [1.54, 1.807) is 0 Å². The van der Waals surface area contributed by atoms with Crippen LogP contribution in [0.3, 0.4) is 0 Å². The van der Waals surface area contributed by atoms with E-state index in [1.807, 2.05) is 49.4 Å². The van der Waals surface area contributed by atoms with Gasteiger partial charge in [0.1, 0.15) is 0 Å². The number of nitrogens with zero attached hydrogens (tertiary/aromatic N) is 1. The number of fused-ring (bicyclic) bond motifs is 1. The first-order valence-electron chi connectivity index (χ1n) is 9.87. The van der Waals surface area contributed by atoms with E-state index in [-0.39, 0.29) is 23.8 Å². The van der Waals surface area contributed by atoms with E-state index in [4.69, 9.17) is 0 Å². The zero-order valence-corrected chi connectivity index (χ0v) is 16.2. The van der Waals surface area contributed by atoms with Crippen molar-refractivity contribution in [2.75, 3.05) is 25.0 Å². The summed E-state index contributed by atoms with van der Waals surface area (Å²) in [5.41, 5.74) is 0.848. The van der Waals surface area contributed by atoms with Gasteiger partial charge in [-0.2, -0.15) is 0 Å². The van der Waals surface area contributed by atoms with Crippen molar-refractivity contribution in [3.8, 4) is 0 Å². The van der Waals surface area contributed by atoms with Gasteiger partial charge in [-0.05, 0) is 50.7 Å². The maximum absolute atomic E-state index is 12.5. The first kappa shape index (κ1) is 19.4. The second kappa shape index (κ2) is 9.00. The molecule has 2 amide bonds. The summed E-state index contributed by atoms with van der Waals surface area (Å²) in [6.07, 6.45) is 2.56. The Hall–Kier alpha value is -2.40. The molecule has 0 saturated carbocycles. The van der Waals surface area contributed by atoms with Gasteiger partial charge in [-0.1, -0.05) is 43.3 Å². The molecule has 0 bridgehead atoms. The number of rotatable bonds is 6. The van der Waals surface area contributed by atoms with E-state index in [9.17, 15) is 9.59 Å². The molecular weight excluding hydrogens is 338 g/mol.